The molecule has 45 atom stereocenters. The first-order chi connectivity index (χ1) is 54.6. The van der Waals surface area contributed by atoms with Gasteiger partial charge in [-0.05, 0) is 26.8 Å². The van der Waals surface area contributed by atoms with E-state index >= 15 is 0 Å². The van der Waals surface area contributed by atoms with Crippen molar-refractivity contribution in [2.45, 2.75) is 303 Å². The molecular formula is C65H116N10O40. The Morgan fingerprint density at radius 2 is 0.600 bits per heavy atom. The van der Waals surface area contributed by atoms with E-state index in [2.05, 4.69) is 16.8 Å². The third-order valence-electron chi connectivity index (χ3n) is 22.0. The van der Waals surface area contributed by atoms with Gasteiger partial charge < -0.3 is 243 Å². The molecule has 50 nitrogen and oxygen atoms in total. The highest BCUT2D eigenvalue weighted by atomic mass is 16.8. The first-order valence-electron chi connectivity index (χ1n) is 37.2. The van der Waals surface area contributed by atoms with E-state index in [-0.39, 0.29) is 0 Å². The molecule has 9 saturated heterocycles. The maximum absolute atomic E-state index is 12.8. The van der Waals surface area contributed by atoms with Crippen LogP contribution in [-0.4, -0.2) is 461 Å². The topological polar surface area (TPSA) is 830 Å². The zero-order valence-corrected chi connectivity index (χ0v) is 62.9. The van der Waals surface area contributed by atoms with Crippen molar-refractivity contribution in [3.63, 3.8) is 0 Å². The first-order valence-corrected chi connectivity index (χ1v) is 37.2. The van der Waals surface area contributed by atoms with Crippen molar-refractivity contribution in [2.75, 3.05) is 66.6 Å². The molecule has 9 aliphatic heterocycles. The number of carbonyl (C=O) groups is 2. The van der Waals surface area contributed by atoms with Crippen LogP contribution in [0.1, 0.15) is 28.7 Å². The Morgan fingerprint density at radius 1 is 0.365 bits per heavy atom. The number of methoxy groups -OCH3 is 1. The molecule has 50 heteroatoms. The minimum Gasteiger partial charge on any atom is -0.453 e. The van der Waals surface area contributed by atoms with Crippen LogP contribution in [0.4, 0.5) is 4.79 Å². The Labute approximate surface area is 656 Å². The summed E-state index contributed by atoms with van der Waals surface area (Å²) in [6.07, 6.45) is -61.7. The molecule has 37 N–H and O–H groups in total. The Morgan fingerprint density at radius 3 is 0.843 bits per heavy atom. The van der Waals surface area contributed by atoms with Gasteiger partial charge in [0.1, 0.15) is 171 Å². The fourth-order valence-corrected chi connectivity index (χ4v) is 15.1. The lowest BCUT2D eigenvalue weighted by Gasteiger charge is -2.51. The molecule has 666 valence electrons. The minimum absolute atomic E-state index is 0.762. The van der Waals surface area contributed by atoms with E-state index in [1.54, 1.807) is 0 Å². The average molecular weight is 1680 g/mol. The van der Waals surface area contributed by atoms with Crippen LogP contribution in [0.3, 0.4) is 0 Å². The second-order valence-electron chi connectivity index (χ2n) is 29.2. The molecule has 10 rings (SSSR count). The van der Waals surface area contributed by atoms with Crippen molar-refractivity contribution < 1.29 is 197 Å². The highest BCUT2D eigenvalue weighted by molar-refractivity contribution is 5.77. The molecule has 0 saturated carbocycles. The number of aliphatic hydroxyl groups excluding tert-OH is 20. The molecule has 0 bridgehead atoms. The van der Waals surface area contributed by atoms with Crippen LogP contribution in [0.25, 0.3) is 0 Å². The Balaban J connectivity index is 0.00000127. The Hall–Kier alpha value is -3.58. The Kier molecular flexibility index (Phi) is 34.8. The van der Waals surface area contributed by atoms with Crippen molar-refractivity contribution in [1.29, 1.82) is 0 Å². The Bertz CT molecular complexity index is 3130. The number of hydrogen-bond donors (Lipinski definition) is 29. The molecule has 115 heavy (non-hydrogen) atoms. The number of aldehydes is 1. The van der Waals surface area contributed by atoms with Crippen LogP contribution in [0.5, 0.6) is 0 Å². The number of amides is 1. The van der Waals surface area contributed by atoms with Crippen LogP contribution in [0.15, 0.2) is 6.07 Å². The predicted molar refractivity (Wildman–Crippen MR) is 371 cm³/mol. The summed E-state index contributed by atoms with van der Waals surface area (Å²) in [5.74, 6) is 0. The largest absolute Gasteiger partial charge is 0.453 e. The normalized spacial score (nSPS) is 47.9. The summed E-state index contributed by atoms with van der Waals surface area (Å²) in [5.41, 5.74) is 53.2. The number of carbonyl (C=O) groups excluding carboxylic acids is 2. The number of hydrogen-bond acceptors (Lipinski definition) is 48. The standard InChI is InChI=1S/C56H103N9O39.C9H13NO/c1-87-56(86)65-28-38(84)46(19(10-74)96-55(28)104-45-18(9-73)95-49(27(64)37(45)83)97-39-12(3-67)88-47(85)20(57)31(39)77)103-54-26(63)36(82)44(17(8-72)94-54)102-53-25(62)35(81)43(16(7-71)93-53)101-52-24(61)34(80)42(15(6-70)92-52)100-51-23(60)33(79)41(14(5-69)91-51)99-50-22(59)32(78)40(13(4-68)90-50)98-48-21(58)30(76)29(75)11(2-66)89-48;1-4-10-7(2)5-9(6-11)8(10)3/h11-55,66-85H,2-10,57-64H2,1H3,(H,65,86);5-6H,4H2,1-3H3/t11-,12-,13-,14-,15-,16-,17-,18-,19-,20-,21-,22-,23-,24-,25-,26-,27-,28-,29-,30-,31-,32-,33-,34-,35-,36-,37-,38-,39-,40-,41-,42-,43-,44-,45-,46-,47-,48+,49+,50+,51+,52+,53+,54+,55+;/m1./s1. The smallest absolute Gasteiger partial charge is 0.407 e. The van der Waals surface area contributed by atoms with E-state index in [0.29, 0.717) is 0 Å². The van der Waals surface area contributed by atoms with Gasteiger partial charge in [0.05, 0.1) is 115 Å². The maximum atomic E-state index is 12.8. The van der Waals surface area contributed by atoms with E-state index in [1.807, 2.05) is 19.9 Å². The summed E-state index contributed by atoms with van der Waals surface area (Å²) < 4.78 is 106. The molecule has 0 spiro atoms. The highest BCUT2D eigenvalue weighted by Crippen LogP contribution is 2.39. The molecule has 10 heterocycles. The number of ether oxygens (including phenoxy) is 18. The van der Waals surface area contributed by atoms with Crippen molar-refractivity contribution in [3.05, 3.63) is 23.0 Å². The van der Waals surface area contributed by atoms with Gasteiger partial charge in [-0.2, -0.15) is 0 Å². The number of rotatable bonds is 28. The summed E-state index contributed by atoms with van der Waals surface area (Å²) in [5, 5.41) is 219. The van der Waals surface area contributed by atoms with E-state index in [9.17, 15) is 112 Å². The van der Waals surface area contributed by atoms with Gasteiger partial charge in [0.2, 0.25) is 0 Å². The number of nitrogens with two attached hydrogens (primary N) is 8. The average Bonchev–Trinajstić information content (AvgIpc) is 1.05. The second kappa shape index (κ2) is 42.0. The third kappa shape index (κ3) is 20.4. The van der Waals surface area contributed by atoms with Crippen LogP contribution in [0, 0.1) is 13.8 Å². The number of nitrogens with zero attached hydrogens (tertiary/aromatic N) is 1. The van der Waals surface area contributed by atoms with Gasteiger partial charge in [0.25, 0.3) is 0 Å². The summed E-state index contributed by atoms with van der Waals surface area (Å²) in [4.78, 5) is 23.3. The van der Waals surface area contributed by atoms with E-state index in [0.717, 1.165) is 36.9 Å². The van der Waals surface area contributed by atoms with Crippen LogP contribution in [-0.2, 0) is 91.8 Å². The molecule has 0 radical (unpaired) electrons. The summed E-state index contributed by atoms with van der Waals surface area (Å²) >= 11 is 0. The van der Waals surface area contributed by atoms with E-state index in [1.165, 1.54) is 0 Å². The van der Waals surface area contributed by atoms with Crippen LogP contribution < -0.4 is 51.2 Å². The fourth-order valence-electron chi connectivity index (χ4n) is 15.1. The number of aliphatic hydroxyl groups is 20. The predicted octanol–water partition coefficient (Wildman–Crippen LogP) is -18.6. The van der Waals surface area contributed by atoms with Gasteiger partial charge in [0, 0.05) is 23.5 Å². The zero-order valence-electron chi connectivity index (χ0n) is 62.9. The molecule has 0 unspecified atom stereocenters. The molecule has 0 aliphatic carbocycles. The SMILES string of the molecule is CCn1c(C)cc(C=O)c1C.COC(=O)N[C@H]1[C@H](O[C@H]2[C@H](O)[C@@H](N)[C@H](O[C@H]3[C@H](O)[C@@H](N)[C@H](O)O[C@@H]3CO)O[C@@H]2CO)O[C@H](CO)[C@@H](O[C@@H]2O[C@H](CO)[C@@H](O[C@@H]3O[C@H](CO)[C@@H](O[C@@H]4O[C@H](CO)[C@@H](O[C@@H]5O[C@H](CO)[C@@H](O[C@@H]6O[C@H](CO)[C@@H](O[C@@H]7O[C@H](CO)[C@@H](O)[C@H](O)[C@H]7N)[C@H](O)[C@H]6N)[C@H](O)[C@H]5N)[C@H](O)[C@H]4N)[C@H](O)[C@H]3N)[C@H](O)[C@H]2N)[C@@H]1O. The molecule has 1 aromatic heterocycles. The molecule has 1 amide bonds. The number of aryl methyl sites for hydroxylation is 1. The molecular weight excluding hydrogens is 1560 g/mol. The number of nitrogens with one attached hydrogen (secondary N) is 1. The van der Waals surface area contributed by atoms with E-state index < -0.39 is 341 Å². The van der Waals surface area contributed by atoms with Gasteiger partial charge >= 0.3 is 6.09 Å². The van der Waals surface area contributed by atoms with E-state index in [4.69, 9.17) is 131 Å². The van der Waals surface area contributed by atoms with Crippen LogP contribution >= 0.6 is 0 Å². The maximum Gasteiger partial charge on any atom is 0.407 e. The molecule has 0 aromatic carbocycles. The summed E-state index contributed by atoms with van der Waals surface area (Å²) in [6, 6.07) is -12.7. The van der Waals surface area contributed by atoms with Crippen molar-refractivity contribution in [2.24, 2.45) is 45.9 Å². The second-order valence-corrected chi connectivity index (χ2v) is 29.2. The van der Waals surface area contributed by atoms with Gasteiger partial charge in [-0.3, -0.25) is 4.79 Å². The van der Waals surface area contributed by atoms with Gasteiger partial charge in [-0.15, -0.1) is 0 Å². The lowest BCUT2D eigenvalue weighted by molar-refractivity contribution is -0.372. The molecule has 9 aliphatic rings. The fraction of sp³-hybridized carbons (Fsp3) is 0.908. The highest BCUT2D eigenvalue weighted by Gasteiger charge is 2.60. The minimum atomic E-state index is -2.04. The van der Waals surface area contributed by atoms with Gasteiger partial charge in [-0.1, -0.05) is 0 Å². The first kappa shape index (κ1) is 95.3. The number of aromatic nitrogens is 1. The van der Waals surface area contributed by atoms with Crippen molar-refractivity contribution in [3.8, 4) is 0 Å². The summed E-state index contributed by atoms with van der Waals surface area (Å²) in [7, 11) is 0.957. The lowest BCUT2D eigenvalue weighted by atomic mass is 9.93. The van der Waals surface area contributed by atoms with Gasteiger partial charge in [-0.25, -0.2) is 4.79 Å². The quantitative estimate of drug-likeness (QED) is 0.0346. The zero-order chi connectivity index (χ0) is 84.8. The third-order valence-corrected chi connectivity index (χ3v) is 22.0. The molecule has 9 fully saturated rings. The summed E-state index contributed by atoms with van der Waals surface area (Å²) in [6.45, 7) is -1.24. The van der Waals surface area contributed by atoms with Crippen molar-refractivity contribution in [1.82, 2.24) is 9.88 Å². The molecule has 1 aromatic rings. The lowest BCUT2D eigenvalue weighted by Crippen LogP contribution is -2.71. The van der Waals surface area contributed by atoms with Gasteiger partial charge in [0.15, 0.2) is 62.9 Å². The van der Waals surface area contributed by atoms with Crippen LogP contribution in [0.2, 0.25) is 0 Å². The monoisotopic (exact) mass is 1680 g/mol. The number of alkyl carbamates (subject to hydrolysis) is 1. The van der Waals surface area contributed by atoms with Crippen molar-refractivity contribution >= 4 is 12.4 Å².